The topological polar surface area (TPSA) is 66.9 Å². The molecule has 2 rings (SSSR count). The highest BCUT2D eigenvalue weighted by Crippen LogP contribution is 2.09. The van der Waals surface area contributed by atoms with Gasteiger partial charge in [-0.15, -0.1) is 5.10 Å². The lowest BCUT2D eigenvalue weighted by molar-refractivity contribution is 0.764. The van der Waals surface area contributed by atoms with E-state index in [1.807, 2.05) is 19.9 Å². The first-order valence-corrected chi connectivity index (χ1v) is 4.33. The van der Waals surface area contributed by atoms with Crippen molar-refractivity contribution in [1.82, 2.24) is 19.6 Å². The molecule has 2 aromatic heterocycles. The Morgan fingerprint density at radius 1 is 1.50 bits per heavy atom. The molecule has 0 saturated heterocycles. The van der Waals surface area contributed by atoms with Gasteiger partial charge in [-0.2, -0.15) is 10.2 Å². The van der Waals surface area contributed by atoms with Crippen molar-refractivity contribution in [3.63, 3.8) is 0 Å². The van der Waals surface area contributed by atoms with Crippen LogP contribution in [0, 0.1) is 11.3 Å². The molecule has 0 fully saturated rings. The highest BCUT2D eigenvalue weighted by atomic mass is 15.3. The summed E-state index contributed by atoms with van der Waals surface area (Å²) in [4.78, 5) is 8.24. The fraction of sp³-hybridized carbons (Fsp3) is 0.333. The van der Waals surface area contributed by atoms with Gasteiger partial charge >= 0.3 is 0 Å². The quantitative estimate of drug-likeness (QED) is 0.670. The van der Waals surface area contributed by atoms with Gasteiger partial charge < -0.3 is 0 Å². The average Bonchev–Trinajstić information content (AvgIpc) is 2.59. The molecular formula is C9H9N5. The predicted molar refractivity (Wildman–Crippen MR) is 49.6 cm³/mol. The summed E-state index contributed by atoms with van der Waals surface area (Å²) in [6.45, 7) is 4.03. The van der Waals surface area contributed by atoms with Crippen molar-refractivity contribution in [2.45, 2.75) is 19.8 Å². The van der Waals surface area contributed by atoms with Crippen molar-refractivity contribution < 1.29 is 0 Å². The minimum absolute atomic E-state index is 0.266. The van der Waals surface area contributed by atoms with Crippen LogP contribution in [0.1, 0.15) is 31.2 Å². The van der Waals surface area contributed by atoms with Crippen molar-refractivity contribution in [3.8, 4) is 6.07 Å². The minimum Gasteiger partial charge on any atom is -0.218 e. The summed E-state index contributed by atoms with van der Waals surface area (Å²) in [5.41, 5.74) is 0.484. The van der Waals surface area contributed by atoms with Crippen molar-refractivity contribution in [1.29, 1.82) is 5.26 Å². The molecule has 0 amide bonds. The van der Waals surface area contributed by atoms with E-state index < -0.39 is 0 Å². The Morgan fingerprint density at radius 2 is 2.29 bits per heavy atom. The summed E-state index contributed by atoms with van der Waals surface area (Å²) < 4.78 is 1.54. The van der Waals surface area contributed by atoms with E-state index in [1.54, 1.807) is 6.20 Å². The molecule has 70 valence electrons. The van der Waals surface area contributed by atoms with Gasteiger partial charge in [0.15, 0.2) is 5.82 Å². The van der Waals surface area contributed by atoms with E-state index in [1.165, 1.54) is 10.7 Å². The highest BCUT2D eigenvalue weighted by Gasteiger charge is 2.08. The number of nitriles is 1. The second kappa shape index (κ2) is 3.07. The number of nitrogens with zero attached hydrogens (tertiary/aromatic N) is 5. The molecule has 2 aromatic rings. The summed E-state index contributed by atoms with van der Waals surface area (Å²) in [7, 11) is 0. The molecule has 0 saturated carbocycles. The average molecular weight is 187 g/mol. The second-order valence-electron chi connectivity index (χ2n) is 3.32. The molecule has 0 spiro atoms. The van der Waals surface area contributed by atoms with Crippen LogP contribution in [0.3, 0.4) is 0 Å². The molecule has 0 aliphatic rings. The Morgan fingerprint density at radius 3 is 2.93 bits per heavy atom. The van der Waals surface area contributed by atoms with Crippen LogP contribution in [0.2, 0.25) is 0 Å². The third-order valence-electron chi connectivity index (χ3n) is 1.86. The van der Waals surface area contributed by atoms with E-state index in [2.05, 4.69) is 15.1 Å². The molecule has 5 heteroatoms. The molecule has 2 heterocycles. The van der Waals surface area contributed by atoms with Gasteiger partial charge in [0.25, 0.3) is 5.78 Å². The van der Waals surface area contributed by atoms with Crippen LogP contribution in [-0.4, -0.2) is 19.6 Å². The smallest absolute Gasteiger partial charge is 0.218 e. The maximum Gasteiger partial charge on any atom is 0.252 e. The summed E-state index contributed by atoms with van der Waals surface area (Å²) >= 11 is 0. The van der Waals surface area contributed by atoms with Crippen LogP contribution in [0.25, 0.3) is 5.78 Å². The number of hydrogen-bond donors (Lipinski definition) is 0. The molecule has 5 nitrogen and oxygen atoms in total. The first-order valence-electron chi connectivity index (χ1n) is 4.33. The third kappa shape index (κ3) is 1.31. The van der Waals surface area contributed by atoms with Gasteiger partial charge in [0.2, 0.25) is 0 Å². The molecule has 0 aromatic carbocycles. The summed E-state index contributed by atoms with van der Waals surface area (Å²) in [6, 6.07) is 2.01. The van der Waals surface area contributed by atoms with E-state index in [0.29, 0.717) is 11.3 Å². The standard InChI is InChI=1S/C9H9N5/c1-6(2)8-12-9-11-4-7(3-10)5-14(9)13-8/h4-6H,1-2H3. The van der Waals surface area contributed by atoms with E-state index in [9.17, 15) is 0 Å². The zero-order valence-electron chi connectivity index (χ0n) is 7.97. The Kier molecular flexibility index (Phi) is 1.89. The Bertz CT molecular complexity index is 505. The fourth-order valence-corrected chi connectivity index (χ4v) is 1.10. The molecule has 0 N–H and O–H groups in total. The van der Waals surface area contributed by atoms with Crippen LogP contribution in [0.15, 0.2) is 12.4 Å². The highest BCUT2D eigenvalue weighted by molar-refractivity contribution is 5.32. The molecule has 0 unspecified atom stereocenters. The van der Waals surface area contributed by atoms with E-state index >= 15 is 0 Å². The second-order valence-corrected chi connectivity index (χ2v) is 3.32. The predicted octanol–water partition coefficient (Wildman–Crippen LogP) is 1.12. The zero-order chi connectivity index (χ0) is 10.1. The summed E-state index contributed by atoms with van der Waals surface area (Å²) in [5.74, 6) is 1.54. The largest absolute Gasteiger partial charge is 0.252 e. The Labute approximate surface area is 81.0 Å². The number of fused-ring (bicyclic) bond motifs is 1. The zero-order valence-corrected chi connectivity index (χ0v) is 7.97. The number of rotatable bonds is 1. The van der Waals surface area contributed by atoms with Gasteiger partial charge in [-0.1, -0.05) is 13.8 Å². The molecule has 0 aliphatic heterocycles. The van der Waals surface area contributed by atoms with Crippen molar-refractivity contribution >= 4 is 5.78 Å². The first kappa shape index (κ1) is 8.63. The van der Waals surface area contributed by atoms with Crippen molar-refractivity contribution in [2.75, 3.05) is 0 Å². The van der Waals surface area contributed by atoms with Crippen LogP contribution < -0.4 is 0 Å². The molecule has 0 atom stereocenters. The lowest BCUT2D eigenvalue weighted by atomic mass is 10.2. The fourth-order valence-electron chi connectivity index (χ4n) is 1.10. The molecule has 0 radical (unpaired) electrons. The van der Waals surface area contributed by atoms with Gasteiger partial charge in [0.1, 0.15) is 6.07 Å². The van der Waals surface area contributed by atoms with Gasteiger partial charge in [0.05, 0.1) is 18.0 Å². The lowest BCUT2D eigenvalue weighted by Gasteiger charge is -1.92. The van der Waals surface area contributed by atoms with E-state index in [4.69, 9.17) is 5.26 Å². The van der Waals surface area contributed by atoms with E-state index in [-0.39, 0.29) is 5.92 Å². The molecule has 14 heavy (non-hydrogen) atoms. The summed E-state index contributed by atoms with van der Waals surface area (Å²) in [5, 5.41) is 12.9. The maximum absolute atomic E-state index is 8.66. The Balaban J connectivity index is 2.61. The number of hydrogen-bond acceptors (Lipinski definition) is 4. The van der Waals surface area contributed by atoms with E-state index in [0.717, 1.165) is 5.82 Å². The van der Waals surface area contributed by atoms with Crippen molar-refractivity contribution in [2.24, 2.45) is 0 Å². The van der Waals surface area contributed by atoms with Crippen molar-refractivity contribution in [3.05, 3.63) is 23.8 Å². The number of aromatic nitrogens is 4. The first-order chi connectivity index (χ1) is 6.70. The lowest BCUT2D eigenvalue weighted by Crippen LogP contribution is -1.93. The maximum atomic E-state index is 8.66. The minimum atomic E-state index is 0.266. The van der Waals surface area contributed by atoms with Crippen LogP contribution >= 0.6 is 0 Å². The van der Waals surface area contributed by atoms with Crippen LogP contribution in [-0.2, 0) is 0 Å². The normalized spacial score (nSPS) is 10.7. The molecule has 0 bridgehead atoms. The summed E-state index contributed by atoms with van der Waals surface area (Å²) in [6.07, 6.45) is 3.12. The Hall–Kier alpha value is -1.96. The van der Waals surface area contributed by atoms with Crippen LogP contribution in [0.4, 0.5) is 0 Å². The van der Waals surface area contributed by atoms with Crippen LogP contribution in [0.5, 0.6) is 0 Å². The monoisotopic (exact) mass is 187 g/mol. The van der Waals surface area contributed by atoms with Gasteiger partial charge in [0, 0.05) is 5.92 Å². The molecule has 0 aliphatic carbocycles. The third-order valence-corrected chi connectivity index (χ3v) is 1.86. The molecular weight excluding hydrogens is 178 g/mol. The van der Waals surface area contributed by atoms with Gasteiger partial charge in [-0.3, -0.25) is 0 Å². The van der Waals surface area contributed by atoms with Gasteiger partial charge in [-0.05, 0) is 0 Å². The van der Waals surface area contributed by atoms with Gasteiger partial charge in [-0.25, -0.2) is 9.50 Å². The SMILES string of the molecule is CC(C)c1nc2ncc(C#N)cn2n1.